The Morgan fingerprint density at radius 2 is 2.15 bits per heavy atom. The molecule has 4 nitrogen and oxygen atoms in total. The maximum Gasteiger partial charge on any atom is 0.231 e. The molecule has 2 atom stereocenters. The van der Waals surface area contributed by atoms with Crippen LogP contribution in [0.15, 0.2) is 18.2 Å². The number of fused-ring (bicyclic) bond motifs is 1. The molecule has 1 aliphatic carbocycles. The first-order valence-electron chi connectivity index (χ1n) is 7.37. The molecule has 1 aromatic carbocycles. The van der Waals surface area contributed by atoms with Crippen LogP contribution in [-0.4, -0.2) is 24.5 Å². The molecule has 4 heteroatoms. The van der Waals surface area contributed by atoms with Crippen molar-refractivity contribution >= 4 is 0 Å². The Morgan fingerprint density at radius 3 is 2.90 bits per heavy atom. The molecule has 3 rings (SSSR count). The van der Waals surface area contributed by atoms with E-state index in [0.717, 1.165) is 17.1 Å². The summed E-state index contributed by atoms with van der Waals surface area (Å²) in [6.45, 7) is 5.44. The molecule has 0 aromatic heterocycles. The zero-order chi connectivity index (χ0) is 14.2. The summed E-state index contributed by atoms with van der Waals surface area (Å²) in [5.41, 5.74) is 1.20. The van der Waals surface area contributed by atoms with Crippen molar-refractivity contribution in [3.05, 3.63) is 23.8 Å². The molecule has 1 saturated carbocycles. The largest absolute Gasteiger partial charge is 0.454 e. The minimum atomic E-state index is -0.513. The normalized spacial score (nSPS) is 24.9. The predicted molar refractivity (Wildman–Crippen MR) is 76.9 cm³/mol. The van der Waals surface area contributed by atoms with Crippen LogP contribution in [0.25, 0.3) is 0 Å². The van der Waals surface area contributed by atoms with Crippen LogP contribution >= 0.6 is 0 Å². The Labute approximate surface area is 120 Å². The van der Waals surface area contributed by atoms with E-state index in [1.165, 1.54) is 19.3 Å². The molecule has 0 spiro atoms. The first-order valence-corrected chi connectivity index (χ1v) is 7.37. The maximum absolute atomic E-state index is 10.3. The van der Waals surface area contributed by atoms with Crippen molar-refractivity contribution in [1.82, 2.24) is 5.32 Å². The SMILES string of the molecule is CC1(C)CCCC1NCC(O)c1ccc2c(c1)OCO2. The molecular formula is C16H23NO3. The summed E-state index contributed by atoms with van der Waals surface area (Å²) < 4.78 is 10.6. The van der Waals surface area contributed by atoms with Gasteiger partial charge in [-0.15, -0.1) is 0 Å². The van der Waals surface area contributed by atoms with Gasteiger partial charge in [0.1, 0.15) is 0 Å². The quantitative estimate of drug-likeness (QED) is 0.888. The van der Waals surface area contributed by atoms with E-state index in [2.05, 4.69) is 19.2 Å². The van der Waals surface area contributed by atoms with Crippen LogP contribution in [0.3, 0.4) is 0 Å². The highest BCUT2D eigenvalue weighted by molar-refractivity contribution is 5.45. The van der Waals surface area contributed by atoms with E-state index in [9.17, 15) is 5.11 Å². The third-order valence-corrected chi connectivity index (χ3v) is 4.60. The average molecular weight is 277 g/mol. The monoisotopic (exact) mass is 277 g/mol. The van der Waals surface area contributed by atoms with Crippen LogP contribution in [0.4, 0.5) is 0 Å². The van der Waals surface area contributed by atoms with Crippen LogP contribution in [-0.2, 0) is 0 Å². The second-order valence-electron chi connectivity index (χ2n) is 6.47. The second kappa shape index (κ2) is 5.26. The van der Waals surface area contributed by atoms with Crippen molar-refractivity contribution in [2.24, 2.45) is 5.41 Å². The molecule has 0 bridgehead atoms. The lowest BCUT2D eigenvalue weighted by atomic mass is 9.87. The highest BCUT2D eigenvalue weighted by Crippen LogP contribution is 2.38. The zero-order valence-corrected chi connectivity index (χ0v) is 12.2. The number of hydrogen-bond acceptors (Lipinski definition) is 4. The molecule has 20 heavy (non-hydrogen) atoms. The summed E-state index contributed by atoms with van der Waals surface area (Å²) >= 11 is 0. The van der Waals surface area contributed by atoms with Crippen LogP contribution in [0.2, 0.25) is 0 Å². The summed E-state index contributed by atoms with van der Waals surface area (Å²) in [6, 6.07) is 6.13. The highest BCUT2D eigenvalue weighted by atomic mass is 16.7. The number of aliphatic hydroxyl groups excluding tert-OH is 1. The van der Waals surface area contributed by atoms with Gasteiger partial charge in [0.25, 0.3) is 0 Å². The lowest BCUT2D eigenvalue weighted by molar-refractivity contribution is 0.157. The van der Waals surface area contributed by atoms with Crippen LogP contribution in [0.5, 0.6) is 11.5 Å². The molecule has 2 unspecified atom stereocenters. The number of benzene rings is 1. The van der Waals surface area contributed by atoms with Gasteiger partial charge in [-0.3, -0.25) is 0 Å². The highest BCUT2D eigenvalue weighted by Gasteiger charge is 2.34. The van der Waals surface area contributed by atoms with Gasteiger partial charge in [0.2, 0.25) is 6.79 Å². The topological polar surface area (TPSA) is 50.7 Å². The van der Waals surface area contributed by atoms with Gasteiger partial charge in [-0.05, 0) is 36.0 Å². The molecule has 1 aromatic rings. The third kappa shape index (κ3) is 2.63. The minimum Gasteiger partial charge on any atom is -0.454 e. The van der Waals surface area contributed by atoms with Gasteiger partial charge >= 0.3 is 0 Å². The fourth-order valence-electron chi connectivity index (χ4n) is 3.20. The van der Waals surface area contributed by atoms with Gasteiger partial charge in [0, 0.05) is 12.6 Å². The van der Waals surface area contributed by atoms with E-state index < -0.39 is 6.10 Å². The van der Waals surface area contributed by atoms with E-state index in [-0.39, 0.29) is 6.79 Å². The number of ether oxygens (including phenoxy) is 2. The summed E-state index contributed by atoms with van der Waals surface area (Å²) in [5, 5.41) is 13.8. The van der Waals surface area contributed by atoms with E-state index >= 15 is 0 Å². The summed E-state index contributed by atoms with van der Waals surface area (Å²) in [6.07, 6.45) is 3.21. The van der Waals surface area contributed by atoms with Gasteiger partial charge in [-0.25, -0.2) is 0 Å². The van der Waals surface area contributed by atoms with E-state index in [4.69, 9.17) is 9.47 Å². The lowest BCUT2D eigenvalue weighted by Crippen LogP contribution is -2.39. The number of nitrogens with one attached hydrogen (secondary N) is 1. The Balaban J connectivity index is 1.60. The Hall–Kier alpha value is -1.26. The van der Waals surface area contributed by atoms with Gasteiger partial charge in [0.05, 0.1) is 6.10 Å². The summed E-state index contributed by atoms with van der Waals surface area (Å²) in [7, 11) is 0. The van der Waals surface area contributed by atoms with Crippen molar-refractivity contribution in [2.45, 2.75) is 45.3 Å². The Kier molecular flexibility index (Phi) is 3.61. The van der Waals surface area contributed by atoms with Crippen LogP contribution < -0.4 is 14.8 Å². The summed E-state index contributed by atoms with van der Waals surface area (Å²) in [5.74, 6) is 1.48. The molecule has 1 heterocycles. The average Bonchev–Trinajstić information content (AvgIpc) is 3.01. The predicted octanol–water partition coefficient (Wildman–Crippen LogP) is 2.62. The third-order valence-electron chi connectivity index (χ3n) is 4.60. The summed E-state index contributed by atoms with van der Waals surface area (Å²) in [4.78, 5) is 0. The molecule has 0 saturated heterocycles. The van der Waals surface area contributed by atoms with E-state index in [1.54, 1.807) is 0 Å². The molecule has 0 radical (unpaired) electrons. The fraction of sp³-hybridized carbons (Fsp3) is 0.625. The fourth-order valence-corrected chi connectivity index (χ4v) is 3.20. The van der Waals surface area contributed by atoms with E-state index in [0.29, 0.717) is 18.0 Å². The van der Waals surface area contributed by atoms with Crippen molar-refractivity contribution in [1.29, 1.82) is 0 Å². The minimum absolute atomic E-state index is 0.267. The van der Waals surface area contributed by atoms with Crippen molar-refractivity contribution in [3.63, 3.8) is 0 Å². The molecule has 2 aliphatic rings. The molecule has 0 amide bonds. The second-order valence-corrected chi connectivity index (χ2v) is 6.47. The van der Waals surface area contributed by atoms with E-state index in [1.807, 2.05) is 18.2 Å². The first-order chi connectivity index (χ1) is 9.56. The van der Waals surface area contributed by atoms with Crippen LogP contribution in [0, 0.1) is 5.41 Å². The molecule has 2 N–H and O–H groups in total. The Morgan fingerprint density at radius 1 is 1.35 bits per heavy atom. The lowest BCUT2D eigenvalue weighted by Gasteiger charge is -2.29. The molecule has 1 aliphatic heterocycles. The van der Waals surface area contributed by atoms with Gasteiger partial charge in [-0.1, -0.05) is 26.3 Å². The number of aliphatic hydroxyl groups is 1. The number of rotatable bonds is 4. The molecule has 1 fully saturated rings. The van der Waals surface area contributed by atoms with Crippen LogP contribution in [0.1, 0.15) is 44.8 Å². The molecular weight excluding hydrogens is 254 g/mol. The van der Waals surface area contributed by atoms with Gasteiger partial charge in [-0.2, -0.15) is 0 Å². The first kappa shape index (κ1) is 13.7. The maximum atomic E-state index is 10.3. The standard InChI is InChI=1S/C16H23NO3/c1-16(2)7-3-4-15(16)17-9-12(18)11-5-6-13-14(8-11)20-10-19-13/h5-6,8,12,15,17-18H,3-4,7,9-10H2,1-2H3. The van der Waals surface area contributed by atoms with Crippen molar-refractivity contribution < 1.29 is 14.6 Å². The van der Waals surface area contributed by atoms with Crippen molar-refractivity contribution in [3.8, 4) is 11.5 Å². The smallest absolute Gasteiger partial charge is 0.231 e. The van der Waals surface area contributed by atoms with Gasteiger partial charge < -0.3 is 19.9 Å². The zero-order valence-electron chi connectivity index (χ0n) is 12.2. The van der Waals surface area contributed by atoms with Gasteiger partial charge in [0.15, 0.2) is 11.5 Å². The number of hydrogen-bond donors (Lipinski definition) is 2. The Bertz CT molecular complexity index is 487. The van der Waals surface area contributed by atoms with Crippen molar-refractivity contribution in [2.75, 3.05) is 13.3 Å². The molecule has 110 valence electrons.